The third-order valence-corrected chi connectivity index (χ3v) is 1.79. The van der Waals surface area contributed by atoms with Gasteiger partial charge in [0.25, 0.3) is 0 Å². The van der Waals surface area contributed by atoms with Gasteiger partial charge in [0.15, 0.2) is 0 Å². The summed E-state index contributed by atoms with van der Waals surface area (Å²) in [5.41, 5.74) is 7.80. The van der Waals surface area contributed by atoms with Crippen molar-refractivity contribution < 1.29 is 0 Å². The molecule has 0 spiro atoms. The molecule has 1 aromatic rings. The average Bonchev–Trinajstić information content (AvgIpc) is 2.48. The summed E-state index contributed by atoms with van der Waals surface area (Å²) in [4.78, 5) is 0. The molecule has 1 heterocycles. The monoisotopic (exact) mass is 179 g/mol. The highest BCUT2D eigenvalue weighted by molar-refractivity contribution is 5.05. The lowest BCUT2D eigenvalue weighted by Crippen LogP contribution is -2.00. The standard InChI is InChI=1S/C10H17N3/c1-9(2)7-13-8-10(6-12-13)4-3-5-11/h6,8H,1,3-5,7,11H2,2H3. The molecule has 1 rings (SSSR count). The van der Waals surface area contributed by atoms with E-state index in [4.69, 9.17) is 5.73 Å². The molecule has 0 aliphatic rings. The summed E-state index contributed by atoms with van der Waals surface area (Å²) in [7, 11) is 0. The molecule has 0 fully saturated rings. The van der Waals surface area contributed by atoms with Crippen molar-refractivity contribution >= 4 is 0 Å². The maximum atomic E-state index is 5.42. The molecule has 3 heteroatoms. The van der Waals surface area contributed by atoms with Gasteiger partial charge < -0.3 is 5.73 Å². The number of aromatic nitrogens is 2. The van der Waals surface area contributed by atoms with E-state index >= 15 is 0 Å². The second-order valence-corrected chi connectivity index (χ2v) is 3.40. The summed E-state index contributed by atoms with van der Waals surface area (Å²) >= 11 is 0. The quantitative estimate of drug-likeness (QED) is 0.693. The van der Waals surface area contributed by atoms with Crippen LogP contribution in [0, 0.1) is 0 Å². The van der Waals surface area contributed by atoms with Crippen molar-refractivity contribution in [3.63, 3.8) is 0 Å². The van der Waals surface area contributed by atoms with E-state index in [2.05, 4.69) is 17.9 Å². The van der Waals surface area contributed by atoms with Gasteiger partial charge >= 0.3 is 0 Å². The smallest absolute Gasteiger partial charge is 0.0614 e. The van der Waals surface area contributed by atoms with Crippen LogP contribution in [0.2, 0.25) is 0 Å². The van der Waals surface area contributed by atoms with Crippen LogP contribution >= 0.6 is 0 Å². The second kappa shape index (κ2) is 4.82. The molecule has 13 heavy (non-hydrogen) atoms. The summed E-state index contributed by atoms with van der Waals surface area (Å²) < 4.78 is 1.91. The number of allylic oxidation sites excluding steroid dienone is 1. The van der Waals surface area contributed by atoms with Gasteiger partial charge in [0.1, 0.15) is 0 Å². The molecule has 0 saturated carbocycles. The fourth-order valence-corrected chi connectivity index (χ4v) is 1.20. The van der Waals surface area contributed by atoms with Gasteiger partial charge in [-0.05, 0) is 31.9 Å². The molecule has 0 aliphatic heterocycles. The highest BCUT2D eigenvalue weighted by Crippen LogP contribution is 2.02. The number of rotatable bonds is 5. The van der Waals surface area contributed by atoms with E-state index in [0.717, 1.165) is 31.5 Å². The zero-order valence-corrected chi connectivity index (χ0v) is 8.16. The van der Waals surface area contributed by atoms with Crippen LogP contribution in [0.4, 0.5) is 0 Å². The molecule has 1 aromatic heterocycles. The molecule has 0 amide bonds. The van der Waals surface area contributed by atoms with Gasteiger partial charge in [0.2, 0.25) is 0 Å². The topological polar surface area (TPSA) is 43.8 Å². The van der Waals surface area contributed by atoms with Crippen molar-refractivity contribution in [3.8, 4) is 0 Å². The Labute approximate surface area is 79.2 Å². The van der Waals surface area contributed by atoms with Gasteiger partial charge in [-0.2, -0.15) is 5.10 Å². The highest BCUT2D eigenvalue weighted by Gasteiger charge is 1.97. The van der Waals surface area contributed by atoms with Crippen LogP contribution in [0.1, 0.15) is 18.9 Å². The zero-order chi connectivity index (χ0) is 9.68. The van der Waals surface area contributed by atoms with E-state index in [0.29, 0.717) is 0 Å². The normalized spacial score (nSPS) is 10.3. The van der Waals surface area contributed by atoms with E-state index in [1.165, 1.54) is 5.56 Å². The molecule has 3 nitrogen and oxygen atoms in total. The maximum Gasteiger partial charge on any atom is 0.0614 e. The molecule has 0 unspecified atom stereocenters. The zero-order valence-electron chi connectivity index (χ0n) is 8.16. The third kappa shape index (κ3) is 3.42. The fraction of sp³-hybridized carbons (Fsp3) is 0.500. The van der Waals surface area contributed by atoms with E-state index in [1.54, 1.807) is 0 Å². The van der Waals surface area contributed by atoms with Gasteiger partial charge in [0.05, 0.1) is 12.7 Å². The Bertz CT molecular complexity index is 275. The predicted molar refractivity (Wildman–Crippen MR) is 54.4 cm³/mol. The fourth-order valence-electron chi connectivity index (χ4n) is 1.20. The molecule has 0 radical (unpaired) electrons. The van der Waals surface area contributed by atoms with Crippen LogP contribution in [0.15, 0.2) is 24.5 Å². The van der Waals surface area contributed by atoms with Crippen LogP contribution < -0.4 is 5.73 Å². The van der Waals surface area contributed by atoms with Crippen molar-refractivity contribution in [2.75, 3.05) is 6.54 Å². The molecule has 0 aromatic carbocycles. The molecule has 2 N–H and O–H groups in total. The Morgan fingerprint density at radius 3 is 3.08 bits per heavy atom. The van der Waals surface area contributed by atoms with Gasteiger partial charge in [-0.15, -0.1) is 0 Å². The minimum atomic E-state index is 0.742. The minimum Gasteiger partial charge on any atom is -0.330 e. The molecule has 0 bridgehead atoms. The van der Waals surface area contributed by atoms with Crippen molar-refractivity contribution in [1.29, 1.82) is 0 Å². The lowest BCUT2D eigenvalue weighted by molar-refractivity contribution is 0.677. The molecule has 0 atom stereocenters. The molecular weight excluding hydrogens is 162 g/mol. The molecule has 72 valence electrons. The third-order valence-electron chi connectivity index (χ3n) is 1.79. The number of nitrogens with two attached hydrogens (primary N) is 1. The predicted octanol–water partition coefficient (Wildman–Crippen LogP) is 1.35. The van der Waals surface area contributed by atoms with Crippen molar-refractivity contribution in [1.82, 2.24) is 9.78 Å². The highest BCUT2D eigenvalue weighted by atomic mass is 15.3. The van der Waals surface area contributed by atoms with Crippen LogP contribution in [-0.4, -0.2) is 16.3 Å². The van der Waals surface area contributed by atoms with Crippen molar-refractivity contribution in [2.24, 2.45) is 5.73 Å². The van der Waals surface area contributed by atoms with Crippen molar-refractivity contribution in [3.05, 3.63) is 30.1 Å². The van der Waals surface area contributed by atoms with E-state index in [-0.39, 0.29) is 0 Å². The number of hydrogen-bond acceptors (Lipinski definition) is 2. The first-order valence-corrected chi connectivity index (χ1v) is 4.58. The van der Waals surface area contributed by atoms with Crippen LogP contribution in [-0.2, 0) is 13.0 Å². The first-order chi connectivity index (χ1) is 6.22. The van der Waals surface area contributed by atoms with Gasteiger partial charge in [-0.3, -0.25) is 4.68 Å². The Morgan fingerprint density at radius 1 is 1.69 bits per heavy atom. The summed E-state index contributed by atoms with van der Waals surface area (Å²) in [5, 5.41) is 4.22. The first-order valence-electron chi connectivity index (χ1n) is 4.58. The van der Waals surface area contributed by atoms with Gasteiger partial charge in [0, 0.05) is 6.20 Å². The molecule has 0 aliphatic carbocycles. The average molecular weight is 179 g/mol. The Hall–Kier alpha value is -1.09. The minimum absolute atomic E-state index is 0.742. The number of nitrogens with zero attached hydrogens (tertiary/aromatic N) is 2. The molecule has 0 saturated heterocycles. The SMILES string of the molecule is C=C(C)Cn1cc(CCCN)cn1. The van der Waals surface area contributed by atoms with E-state index in [1.807, 2.05) is 17.8 Å². The Kier molecular flexibility index (Phi) is 3.71. The van der Waals surface area contributed by atoms with Gasteiger partial charge in [-0.1, -0.05) is 12.2 Å². The second-order valence-electron chi connectivity index (χ2n) is 3.40. The molecular formula is C10H17N3. The first kappa shape index (κ1) is 9.99. The van der Waals surface area contributed by atoms with Crippen LogP contribution in [0.5, 0.6) is 0 Å². The lowest BCUT2D eigenvalue weighted by Gasteiger charge is -1.98. The summed E-state index contributed by atoms with van der Waals surface area (Å²) in [6.45, 7) is 7.39. The van der Waals surface area contributed by atoms with Crippen molar-refractivity contribution in [2.45, 2.75) is 26.3 Å². The summed E-state index contributed by atoms with van der Waals surface area (Å²) in [6.07, 6.45) is 6.01. The van der Waals surface area contributed by atoms with E-state index in [9.17, 15) is 0 Å². The van der Waals surface area contributed by atoms with E-state index < -0.39 is 0 Å². The van der Waals surface area contributed by atoms with Crippen LogP contribution in [0.3, 0.4) is 0 Å². The Morgan fingerprint density at radius 2 is 2.46 bits per heavy atom. The van der Waals surface area contributed by atoms with Crippen LogP contribution in [0.25, 0.3) is 0 Å². The summed E-state index contributed by atoms with van der Waals surface area (Å²) in [6, 6.07) is 0. The largest absolute Gasteiger partial charge is 0.330 e. The Balaban J connectivity index is 2.48. The summed E-state index contributed by atoms with van der Waals surface area (Å²) in [5.74, 6) is 0. The van der Waals surface area contributed by atoms with Gasteiger partial charge in [-0.25, -0.2) is 0 Å². The lowest BCUT2D eigenvalue weighted by atomic mass is 10.2. The maximum absolute atomic E-state index is 5.42. The number of aryl methyl sites for hydroxylation is 1. The number of hydrogen-bond donors (Lipinski definition) is 1.